The first-order valence-corrected chi connectivity index (χ1v) is 18.5. The molecule has 54 heavy (non-hydrogen) atoms. The number of nitrogens with zero attached hydrogens (tertiary/aromatic N) is 2. The third-order valence-electron chi connectivity index (χ3n) is 10.6. The number of para-hydroxylation sites is 3. The van der Waals surface area contributed by atoms with Gasteiger partial charge in [0.15, 0.2) is 0 Å². The standard InChI is InChI=1S/C52H36N2/c1-4-13-39(14-5-1)47-21-12-15-42-35-40(27-33-48(42)47)37-23-29-45(30-24-37)53(43-16-6-2-7-17-43)46-31-25-38(26-32-46)41-28-34-52-50(36-41)49-20-10-11-22-51(49)54(52)44-18-8-3-9-19-44/h1-36H. The Kier molecular flexibility index (Phi) is 7.85. The summed E-state index contributed by atoms with van der Waals surface area (Å²) in [5.41, 5.74) is 14.2. The summed E-state index contributed by atoms with van der Waals surface area (Å²) < 4.78 is 2.36. The Labute approximate surface area is 315 Å². The summed E-state index contributed by atoms with van der Waals surface area (Å²) >= 11 is 0. The third-order valence-corrected chi connectivity index (χ3v) is 10.6. The molecule has 2 heteroatoms. The van der Waals surface area contributed by atoms with Crippen molar-refractivity contribution in [3.8, 4) is 39.1 Å². The number of hydrogen-bond acceptors (Lipinski definition) is 1. The van der Waals surface area contributed by atoms with Crippen molar-refractivity contribution in [2.24, 2.45) is 0 Å². The van der Waals surface area contributed by atoms with Crippen LogP contribution in [0.1, 0.15) is 0 Å². The molecular formula is C52H36N2. The molecular weight excluding hydrogens is 653 g/mol. The quantitative estimate of drug-likeness (QED) is 0.162. The maximum atomic E-state index is 2.36. The summed E-state index contributed by atoms with van der Waals surface area (Å²) in [6.07, 6.45) is 0. The highest BCUT2D eigenvalue weighted by Crippen LogP contribution is 2.39. The maximum Gasteiger partial charge on any atom is 0.0541 e. The Morgan fingerprint density at radius 3 is 1.54 bits per heavy atom. The second-order valence-corrected chi connectivity index (χ2v) is 13.8. The first-order chi connectivity index (χ1) is 26.8. The number of fused-ring (bicyclic) bond motifs is 4. The lowest BCUT2D eigenvalue weighted by atomic mass is 9.95. The summed E-state index contributed by atoms with van der Waals surface area (Å²) in [6, 6.07) is 78.7. The number of benzene rings is 9. The highest BCUT2D eigenvalue weighted by atomic mass is 15.1. The van der Waals surface area contributed by atoms with Crippen molar-refractivity contribution in [3.63, 3.8) is 0 Å². The molecule has 0 spiro atoms. The molecule has 254 valence electrons. The second kappa shape index (κ2) is 13.4. The van der Waals surface area contributed by atoms with E-state index in [9.17, 15) is 0 Å². The number of anilines is 3. The highest BCUT2D eigenvalue weighted by molar-refractivity contribution is 6.10. The molecule has 0 bridgehead atoms. The molecule has 2 nitrogen and oxygen atoms in total. The zero-order valence-electron chi connectivity index (χ0n) is 29.7. The van der Waals surface area contributed by atoms with Gasteiger partial charge in [0.1, 0.15) is 0 Å². The van der Waals surface area contributed by atoms with E-state index in [0.29, 0.717) is 0 Å². The van der Waals surface area contributed by atoms with E-state index in [0.717, 1.165) is 17.1 Å². The molecule has 0 amide bonds. The van der Waals surface area contributed by atoms with Crippen molar-refractivity contribution in [3.05, 3.63) is 218 Å². The van der Waals surface area contributed by atoms with Crippen LogP contribution >= 0.6 is 0 Å². The van der Waals surface area contributed by atoms with Gasteiger partial charge < -0.3 is 9.47 Å². The first kappa shape index (κ1) is 31.6. The van der Waals surface area contributed by atoms with Gasteiger partial charge in [-0.1, -0.05) is 146 Å². The van der Waals surface area contributed by atoms with Crippen molar-refractivity contribution in [2.45, 2.75) is 0 Å². The first-order valence-electron chi connectivity index (χ1n) is 18.5. The molecule has 9 aromatic carbocycles. The fourth-order valence-electron chi connectivity index (χ4n) is 7.97. The van der Waals surface area contributed by atoms with Gasteiger partial charge in [0.05, 0.1) is 11.0 Å². The normalized spacial score (nSPS) is 11.3. The van der Waals surface area contributed by atoms with Crippen LogP contribution in [0.25, 0.3) is 71.6 Å². The van der Waals surface area contributed by atoms with Gasteiger partial charge in [-0.3, -0.25) is 0 Å². The van der Waals surface area contributed by atoms with Crippen molar-refractivity contribution in [1.82, 2.24) is 4.57 Å². The van der Waals surface area contributed by atoms with Crippen LogP contribution in [-0.2, 0) is 0 Å². The van der Waals surface area contributed by atoms with Crippen LogP contribution in [0.2, 0.25) is 0 Å². The number of hydrogen-bond donors (Lipinski definition) is 0. The number of rotatable bonds is 7. The summed E-state index contributed by atoms with van der Waals surface area (Å²) in [5, 5.41) is 5.02. The fraction of sp³-hybridized carbons (Fsp3) is 0. The third kappa shape index (κ3) is 5.62. The Morgan fingerprint density at radius 2 is 0.833 bits per heavy atom. The summed E-state index contributed by atoms with van der Waals surface area (Å²) in [6.45, 7) is 0. The minimum Gasteiger partial charge on any atom is -0.311 e. The van der Waals surface area contributed by atoms with E-state index >= 15 is 0 Å². The average Bonchev–Trinajstić information content (AvgIpc) is 3.58. The smallest absolute Gasteiger partial charge is 0.0541 e. The molecule has 0 saturated heterocycles. The molecule has 10 rings (SSSR count). The van der Waals surface area contributed by atoms with Crippen LogP contribution in [0, 0.1) is 0 Å². The van der Waals surface area contributed by atoms with E-state index in [2.05, 4.69) is 228 Å². The van der Waals surface area contributed by atoms with Crippen LogP contribution in [0.15, 0.2) is 218 Å². The minimum atomic E-state index is 1.11. The van der Waals surface area contributed by atoms with Crippen molar-refractivity contribution in [1.29, 1.82) is 0 Å². The van der Waals surface area contributed by atoms with Crippen molar-refractivity contribution < 1.29 is 0 Å². The van der Waals surface area contributed by atoms with Gasteiger partial charge in [-0.25, -0.2) is 0 Å². The van der Waals surface area contributed by atoms with Gasteiger partial charge in [0.25, 0.3) is 0 Å². The van der Waals surface area contributed by atoms with Crippen LogP contribution in [0.4, 0.5) is 17.1 Å². The van der Waals surface area contributed by atoms with E-state index in [1.807, 2.05) is 0 Å². The Hall–Kier alpha value is -7.16. The molecule has 10 aromatic rings. The molecule has 0 aliphatic carbocycles. The van der Waals surface area contributed by atoms with E-state index in [-0.39, 0.29) is 0 Å². The van der Waals surface area contributed by atoms with E-state index in [1.54, 1.807) is 0 Å². The predicted octanol–water partition coefficient (Wildman–Crippen LogP) is 14.4. The summed E-state index contributed by atoms with van der Waals surface area (Å²) in [5.74, 6) is 0. The topological polar surface area (TPSA) is 8.17 Å². The second-order valence-electron chi connectivity index (χ2n) is 13.8. The van der Waals surface area contributed by atoms with Gasteiger partial charge in [-0.2, -0.15) is 0 Å². The van der Waals surface area contributed by atoms with Gasteiger partial charge in [0, 0.05) is 33.5 Å². The molecule has 0 aliphatic rings. The van der Waals surface area contributed by atoms with E-state index in [4.69, 9.17) is 0 Å². The lowest BCUT2D eigenvalue weighted by Gasteiger charge is -2.26. The molecule has 1 aromatic heterocycles. The fourth-order valence-corrected chi connectivity index (χ4v) is 7.97. The van der Waals surface area contributed by atoms with Gasteiger partial charge in [-0.15, -0.1) is 0 Å². The lowest BCUT2D eigenvalue weighted by molar-refractivity contribution is 1.18. The van der Waals surface area contributed by atoms with Crippen LogP contribution in [0.5, 0.6) is 0 Å². The Morgan fingerprint density at radius 1 is 0.296 bits per heavy atom. The summed E-state index contributed by atoms with van der Waals surface area (Å²) in [4.78, 5) is 2.33. The average molecular weight is 689 g/mol. The summed E-state index contributed by atoms with van der Waals surface area (Å²) in [7, 11) is 0. The minimum absolute atomic E-state index is 1.11. The van der Waals surface area contributed by atoms with Gasteiger partial charge >= 0.3 is 0 Å². The highest BCUT2D eigenvalue weighted by Gasteiger charge is 2.16. The maximum absolute atomic E-state index is 2.36. The molecule has 0 aliphatic heterocycles. The zero-order valence-corrected chi connectivity index (χ0v) is 29.7. The molecule has 0 radical (unpaired) electrons. The number of aromatic nitrogens is 1. The largest absolute Gasteiger partial charge is 0.311 e. The zero-order chi connectivity index (χ0) is 35.8. The van der Waals surface area contributed by atoms with E-state index in [1.165, 1.54) is 71.6 Å². The lowest BCUT2D eigenvalue weighted by Crippen LogP contribution is -2.09. The van der Waals surface area contributed by atoms with Crippen molar-refractivity contribution >= 4 is 49.6 Å². The van der Waals surface area contributed by atoms with Gasteiger partial charge in [-0.05, 0) is 117 Å². The SMILES string of the molecule is c1ccc(-c2cccc3cc(-c4ccc(N(c5ccccc5)c5ccc(-c6ccc7c(c6)c6ccccc6n7-c6ccccc6)cc5)cc4)ccc23)cc1. The van der Waals surface area contributed by atoms with E-state index < -0.39 is 0 Å². The van der Waals surface area contributed by atoms with Crippen molar-refractivity contribution in [2.75, 3.05) is 4.90 Å². The molecule has 1 heterocycles. The van der Waals surface area contributed by atoms with Gasteiger partial charge in [0.2, 0.25) is 0 Å². The molecule has 0 N–H and O–H groups in total. The van der Waals surface area contributed by atoms with Crippen LogP contribution in [0.3, 0.4) is 0 Å². The molecule has 0 unspecified atom stereocenters. The van der Waals surface area contributed by atoms with Crippen LogP contribution < -0.4 is 4.90 Å². The molecule has 0 fully saturated rings. The molecule has 0 saturated carbocycles. The van der Waals surface area contributed by atoms with Crippen LogP contribution in [-0.4, -0.2) is 4.57 Å². The Balaban J connectivity index is 0.984. The molecule has 0 atom stereocenters. The monoisotopic (exact) mass is 688 g/mol. The Bertz CT molecular complexity index is 2890. The predicted molar refractivity (Wildman–Crippen MR) is 229 cm³/mol.